The van der Waals surface area contributed by atoms with Crippen molar-refractivity contribution in [3.05, 3.63) is 34.9 Å². The quantitative estimate of drug-likeness (QED) is 0.516. The second-order valence-electron chi connectivity index (χ2n) is 11.1. The summed E-state index contributed by atoms with van der Waals surface area (Å²) in [6.07, 6.45) is 2.55. The fraction of sp³-hybridized carbons (Fsp3) is 0.692. The SMILES string of the molecule is CC1(C)CN(C(=O)[C@H]2CCCC[C@H]2NC(=O)C2CC(O)C(O)C2)CCC1(O)c1ccc(Cl)cc1. The number of amides is 2. The van der Waals surface area contributed by atoms with E-state index in [1.807, 2.05) is 30.9 Å². The van der Waals surface area contributed by atoms with Gasteiger partial charge >= 0.3 is 0 Å². The Morgan fingerprint density at radius 1 is 1.06 bits per heavy atom. The Labute approximate surface area is 206 Å². The molecule has 4 N–H and O–H groups in total. The topological polar surface area (TPSA) is 110 Å². The van der Waals surface area contributed by atoms with Gasteiger partial charge in [0.2, 0.25) is 11.8 Å². The van der Waals surface area contributed by atoms with Crippen LogP contribution < -0.4 is 5.32 Å². The molecule has 2 saturated carbocycles. The third-order valence-corrected chi connectivity index (χ3v) is 8.61. The van der Waals surface area contributed by atoms with Crippen molar-refractivity contribution < 1.29 is 24.9 Å². The highest BCUT2D eigenvalue weighted by Gasteiger charge is 2.50. The van der Waals surface area contributed by atoms with E-state index in [9.17, 15) is 24.9 Å². The van der Waals surface area contributed by atoms with Gasteiger partial charge in [0.25, 0.3) is 0 Å². The lowest BCUT2D eigenvalue weighted by Gasteiger charge is -2.51. The molecule has 1 saturated heterocycles. The van der Waals surface area contributed by atoms with E-state index in [0.717, 1.165) is 31.2 Å². The normalized spacial score (nSPS) is 35.7. The van der Waals surface area contributed by atoms with Gasteiger partial charge in [0.15, 0.2) is 0 Å². The molecule has 2 aliphatic carbocycles. The summed E-state index contributed by atoms with van der Waals surface area (Å²) in [6.45, 7) is 4.83. The molecule has 3 aliphatic rings. The summed E-state index contributed by atoms with van der Waals surface area (Å²) < 4.78 is 0. The van der Waals surface area contributed by atoms with Crippen LogP contribution in [0, 0.1) is 17.3 Å². The van der Waals surface area contributed by atoms with Gasteiger partial charge in [-0.25, -0.2) is 0 Å². The predicted molar refractivity (Wildman–Crippen MR) is 129 cm³/mol. The lowest BCUT2D eigenvalue weighted by molar-refractivity contribution is -0.158. The van der Waals surface area contributed by atoms with Crippen LogP contribution in [0.15, 0.2) is 24.3 Å². The Morgan fingerprint density at radius 2 is 1.68 bits per heavy atom. The monoisotopic (exact) mass is 492 g/mol. The van der Waals surface area contributed by atoms with Gasteiger partial charge in [-0.3, -0.25) is 9.59 Å². The average molecular weight is 493 g/mol. The Morgan fingerprint density at radius 3 is 2.29 bits per heavy atom. The molecule has 5 atom stereocenters. The van der Waals surface area contributed by atoms with Crippen LogP contribution >= 0.6 is 11.6 Å². The van der Waals surface area contributed by atoms with Gasteiger partial charge in [0.05, 0.1) is 23.7 Å². The third kappa shape index (κ3) is 4.85. The van der Waals surface area contributed by atoms with E-state index in [-0.39, 0.29) is 36.6 Å². The molecular formula is C26H37ClN2O5. The lowest BCUT2D eigenvalue weighted by Crippen LogP contribution is -2.59. The van der Waals surface area contributed by atoms with Gasteiger partial charge in [0, 0.05) is 35.5 Å². The van der Waals surface area contributed by atoms with Crippen molar-refractivity contribution in [2.45, 2.75) is 82.6 Å². The Balaban J connectivity index is 1.44. The molecular weight excluding hydrogens is 456 g/mol. The first-order valence-electron chi connectivity index (χ1n) is 12.5. The number of benzene rings is 1. The Hall–Kier alpha value is -1.67. The molecule has 7 nitrogen and oxygen atoms in total. The molecule has 0 spiro atoms. The van der Waals surface area contributed by atoms with E-state index in [1.165, 1.54) is 0 Å². The number of nitrogens with zero attached hydrogens (tertiary/aromatic N) is 1. The maximum atomic E-state index is 13.6. The second-order valence-corrected chi connectivity index (χ2v) is 11.5. The molecule has 1 aromatic rings. The molecule has 2 amide bonds. The van der Waals surface area contributed by atoms with Gasteiger partial charge in [-0.2, -0.15) is 0 Å². The minimum Gasteiger partial charge on any atom is -0.390 e. The maximum absolute atomic E-state index is 13.6. The van der Waals surface area contributed by atoms with E-state index in [4.69, 9.17) is 11.6 Å². The number of halogens is 1. The second kappa shape index (κ2) is 9.76. The first kappa shape index (κ1) is 25.4. The van der Waals surface area contributed by atoms with E-state index in [2.05, 4.69) is 5.32 Å². The van der Waals surface area contributed by atoms with Crippen LogP contribution in [0.5, 0.6) is 0 Å². The van der Waals surface area contributed by atoms with Crippen LogP contribution in [0.2, 0.25) is 5.02 Å². The number of nitrogens with one attached hydrogen (secondary N) is 1. The van der Waals surface area contributed by atoms with Crippen molar-refractivity contribution >= 4 is 23.4 Å². The molecule has 3 unspecified atom stereocenters. The molecule has 8 heteroatoms. The average Bonchev–Trinajstić information content (AvgIpc) is 3.14. The van der Waals surface area contributed by atoms with E-state index < -0.39 is 29.1 Å². The zero-order chi connectivity index (χ0) is 24.7. The Bertz CT molecular complexity index is 897. The minimum atomic E-state index is -1.07. The smallest absolute Gasteiger partial charge is 0.227 e. The van der Waals surface area contributed by atoms with Crippen molar-refractivity contribution in [2.24, 2.45) is 17.3 Å². The van der Waals surface area contributed by atoms with Crippen molar-refractivity contribution in [3.8, 4) is 0 Å². The van der Waals surface area contributed by atoms with E-state index in [0.29, 0.717) is 24.5 Å². The fourth-order valence-corrected chi connectivity index (χ4v) is 6.24. The summed E-state index contributed by atoms with van der Waals surface area (Å²) >= 11 is 6.03. The number of hydrogen-bond donors (Lipinski definition) is 4. The zero-order valence-electron chi connectivity index (χ0n) is 20.0. The van der Waals surface area contributed by atoms with Crippen LogP contribution in [0.3, 0.4) is 0 Å². The number of piperidine rings is 1. The lowest BCUT2D eigenvalue weighted by atomic mass is 9.66. The third-order valence-electron chi connectivity index (χ3n) is 8.36. The molecule has 0 radical (unpaired) electrons. The fourth-order valence-electron chi connectivity index (χ4n) is 6.11. The molecule has 0 bridgehead atoms. The van der Waals surface area contributed by atoms with E-state index >= 15 is 0 Å². The molecule has 1 aliphatic heterocycles. The summed E-state index contributed by atoms with van der Waals surface area (Å²) in [5, 5.41) is 34.9. The minimum absolute atomic E-state index is 0.0303. The molecule has 34 heavy (non-hydrogen) atoms. The summed E-state index contributed by atoms with van der Waals surface area (Å²) in [7, 11) is 0. The summed E-state index contributed by atoms with van der Waals surface area (Å²) in [5.41, 5.74) is -0.838. The van der Waals surface area contributed by atoms with Crippen LogP contribution in [-0.2, 0) is 15.2 Å². The molecule has 1 heterocycles. The number of aliphatic hydroxyl groups excluding tert-OH is 2. The molecule has 4 rings (SSSR count). The first-order chi connectivity index (χ1) is 16.0. The predicted octanol–water partition coefficient (Wildman–Crippen LogP) is 2.59. The van der Waals surface area contributed by atoms with Crippen molar-refractivity contribution in [1.82, 2.24) is 10.2 Å². The molecule has 3 fully saturated rings. The summed E-state index contributed by atoms with van der Waals surface area (Å²) in [6, 6.07) is 7.01. The molecule has 1 aromatic carbocycles. The number of likely N-dealkylation sites (tertiary alicyclic amines) is 1. The van der Waals surface area contributed by atoms with Crippen molar-refractivity contribution in [2.75, 3.05) is 13.1 Å². The maximum Gasteiger partial charge on any atom is 0.227 e. The van der Waals surface area contributed by atoms with Crippen LogP contribution in [0.4, 0.5) is 0 Å². The first-order valence-corrected chi connectivity index (χ1v) is 12.8. The number of aliphatic hydroxyl groups is 3. The van der Waals surface area contributed by atoms with Crippen LogP contribution in [0.25, 0.3) is 0 Å². The van der Waals surface area contributed by atoms with Gasteiger partial charge in [-0.05, 0) is 49.8 Å². The number of carbonyl (C=O) groups is 2. The highest BCUT2D eigenvalue weighted by Crippen LogP contribution is 2.46. The van der Waals surface area contributed by atoms with E-state index in [1.54, 1.807) is 12.1 Å². The number of carbonyl (C=O) groups excluding carboxylic acids is 2. The van der Waals surface area contributed by atoms with Gasteiger partial charge in [0.1, 0.15) is 0 Å². The highest BCUT2D eigenvalue weighted by molar-refractivity contribution is 6.30. The molecule has 188 valence electrons. The summed E-state index contributed by atoms with van der Waals surface area (Å²) in [4.78, 5) is 28.3. The summed E-state index contributed by atoms with van der Waals surface area (Å²) in [5.74, 6) is -0.878. The van der Waals surface area contributed by atoms with Gasteiger partial charge in [-0.15, -0.1) is 0 Å². The van der Waals surface area contributed by atoms with Crippen molar-refractivity contribution in [3.63, 3.8) is 0 Å². The largest absolute Gasteiger partial charge is 0.390 e. The van der Waals surface area contributed by atoms with Crippen LogP contribution in [-0.4, -0.2) is 63.4 Å². The zero-order valence-corrected chi connectivity index (χ0v) is 20.8. The number of hydrogen-bond acceptors (Lipinski definition) is 5. The highest BCUT2D eigenvalue weighted by atomic mass is 35.5. The number of rotatable bonds is 4. The van der Waals surface area contributed by atoms with Crippen molar-refractivity contribution in [1.29, 1.82) is 0 Å². The van der Waals surface area contributed by atoms with Crippen LogP contribution in [0.1, 0.15) is 64.4 Å². The Kier molecular flexibility index (Phi) is 7.30. The standard InChI is InChI=1S/C26H37ClN2O5/c1-25(2)15-29(12-11-26(25,34)17-7-9-18(27)10-8-17)24(33)19-5-3-4-6-20(19)28-23(32)16-13-21(30)22(31)14-16/h7-10,16,19-22,30-31,34H,3-6,11-15H2,1-2H3,(H,28,32)/t16?,19-,20+,21?,22?,26?/m0/s1. The van der Waals surface area contributed by atoms with Gasteiger partial charge < -0.3 is 25.5 Å². The molecule has 0 aromatic heterocycles. The van der Waals surface area contributed by atoms with Gasteiger partial charge in [-0.1, -0.05) is 50.4 Å².